The van der Waals surface area contributed by atoms with Crippen molar-refractivity contribution in [1.82, 2.24) is 0 Å². The number of hydrogen-bond acceptors (Lipinski definition) is 3. The Balaban J connectivity index is 0.00000200. The molecule has 0 heterocycles. The summed E-state index contributed by atoms with van der Waals surface area (Å²) in [4.78, 5) is 0. The van der Waals surface area contributed by atoms with Gasteiger partial charge in [-0.2, -0.15) is 0 Å². The van der Waals surface area contributed by atoms with Crippen LogP contribution < -0.4 is 10.5 Å². The lowest BCUT2D eigenvalue weighted by atomic mass is 9.77. The second-order valence-electron chi connectivity index (χ2n) is 4.95. The summed E-state index contributed by atoms with van der Waals surface area (Å²) in [7, 11) is 0. The van der Waals surface area contributed by atoms with E-state index < -0.39 is 18.0 Å². The summed E-state index contributed by atoms with van der Waals surface area (Å²) < 4.78 is 19.0. The van der Waals surface area contributed by atoms with Crippen LogP contribution in [0.2, 0.25) is 5.02 Å². The Hall–Kier alpha value is -0.550. The normalized spacial score (nSPS) is 17.9. The highest BCUT2D eigenvalue weighted by molar-refractivity contribution is 6.32. The van der Waals surface area contributed by atoms with Gasteiger partial charge in [-0.1, -0.05) is 18.0 Å². The molecule has 1 aromatic rings. The zero-order chi connectivity index (χ0) is 14.0. The number of ether oxygens (including phenoxy) is 1. The standard InChI is InChI=1S/C14H19ClFNO2.ClH/c1-2-19-14-10(15)6-9(7-11(14)16)12(17)13(18)8-4-3-5-8;/h6-8,12-13,18H,2-5,17H2,1H3;1H/t12-,13+;/m1./s1. The molecule has 0 bridgehead atoms. The maximum absolute atomic E-state index is 13.9. The van der Waals surface area contributed by atoms with Crippen molar-refractivity contribution in [3.63, 3.8) is 0 Å². The number of benzene rings is 1. The molecule has 1 fully saturated rings. The molecule has 0 amide bonds. The number of hydrogen-bond donors (Lipinski definition) is 2. The van der Waals surface area contributed by atoms with Crippen molar-refractivity contribution < 1.29 is 14.2 Å². The molecule has 20 heavy (non-hydrogen) atoms. The van der Waals surface area contributed by atoms with Crippen LogP contribution >= 0.6 is 24.0 Å². The Kier molecular flexibility index (Phi) is 6.52. The molecule has 0 aromatic heterocycles. The lowest BCUT2D eigenvalue weighted by Gasteiger charge is -2.34. The first-order valence-corrected chi connectivity index (χ1v) is 6.97. The van der Waals surface area contributed by atoms with E-state index in [4.69, 9.17) is 22.1 Å². The second-order valence-corrected chi connectivity index (χ2v) is 5.36. The van der Waals surface area contributed by atoms with Gasteiger partial charge in [0.2, 0.25) is 0 Å². The fourth-order valence-electron chi connectivity index (χ4n) is 2.33. The fraction of sp³-hybridized carbons (Fsp3) is 0.571. The first-order chi connectivity index (χ1) is 9.04. The molecule has 2 atom stereocenters. The zero-order valence-electron chi connectivity index (χ0n) is 11.3. The monoisotopic (exact) mass is 323 g/mol. The van der Waals surface area contributed by atoms with Crippen LogP contribution in [0.25, 0.3) is 0 Å². The first-order valence-electron chi connectivity index (χ1n) is 6.60. The molecule has 1 aliphatic rings. The minimum atomic E-state index is -0.651. The van der Waals surface area contributed by atoms with E-state index in [9.17, 15) is 9.50 Å². The Morgan fingerprint density at radius 2 is 2.15 bits per heavy atom. The summed E-state index contributed by atoms with van der Waals surface area (Å²) in [6.07, 6.45) is 2.42. The van der Waals surface area contributed by atoms with Gasteiger partial charge in [-0.3, -0.25) is 0 Å². The SMILES string of the molecule is CCOc1c(F)cc([C@@H](N)[C@@H](O)C2CCC2)cc1Cl.Cl. The average molecular weight is 324 g/mol. The lowest BCUT2D eigenvalue weighted by Crippen LogP contribution is -2.36. The van der Waals surface area contributed by atoms with Crippen molar-refractivity contribution in [3.05, 3.63) is 28.5 Å². The number of halogens is 3. The molecule has 3 N–H and O–H groups in total. The van der Waals surface area contributed by atoms with Crippen LogP contribution in [0.15, 0.2) is 12.1 Å². The molecule has 1 aliphatic carbocycles. The smallest absolute Gasteiger partial charge is 0.173 e. The van der Waals surface area contributed by atoms with Crippen molar-refractivity contribution in [2.75, 3.05) is 6.61 Å². The van der Waals surface area contributed by atoms with Gasteiger partial charge in [-0.05, 0) is 43.4 Å². The van der Waals surface area contributed by atoms with E-state index in [1.807, 2.05) is 0 Å². The van der Waals surface area contributed by atoms with Gasteiger partial charge in [-0.25, -0.2) is 4.39 Å². The maximum atomic E-state index is 13.9. The summed E-state index contributed by atoms with van der Waals surface area (Å²) in [5, 5.41) is 10.3. The van der Waals surface area contributed by atoms with Gasteiger partial charge in [0, 0.05) is 0 Å². The third-order valence-corrected chi connectivity index (χ3v) is 3.98. The predicted octanol–water partition coefficient (Wildman–Crippen LogP) is 3.46. The average Bonchev–Trinajstić information content (AvgIpc) is 2.30. The highest BCUT2D eigenvalue weighted by atomic mass is 35.5. The molecule has 1 aromatic carbocycles. The molecule has 1 saturated carbocycles. The Labute approximate surface area is 129 Å². The highest BCUT2D eigenvalue weighted by Gasteiger charge is 2.31. The van der Waals surface area contributed by atoms with Gasteiger partial charge in [-0.15, -0.1) is 12.4 Å². The molecule has 3 nitrogen and oxygen atoms in total. The van der Waals surface area contributed by atoms with Crippen molar-refractivity contribution in [3.8, 4) is 5.75 Å². The molecule has 0 spiro atoms. The molecular weight excluding hydrogens is 304 g/mol. The minimum Gasteiger partial charge on any atom is -0.489 e. The van der Waals surface area contributed by atoms with Crippen LogP contribution in [0.5, 0.6) is 5.75 Å². The quantitative estimate of drug-likeness (QED) is 0.872. The summed E-state index contributed by atoms with van der Waals surface area (Å²) in [5.74, 6) is -0.290. The molecular formula is C14H20Cl2FNO2. The van der Waals surface area contributed by atoms with Crippen LogP contribution in [-0.2, 0) is 0 Å². The van der Waals surface area contributed by atoms with E-state index in [1.54, 1.807) is 13.0 Å². The second kappa shape index (κ2) is 7.46. The maximum Gasteiger partial charge on any atom is 0.173 e. The molecule has 6 heteroatoms. The largest absolute Gasteiger partial charge is 0.489 e. The molecule has 0 radical (unpaired) electrons. The van der Waals surface area contributed by atoms with Gasteiger partial charge in [0.15, 0.2) is 11.6 Å². The highest BCUT2D eigenvalue weighted by Crippen LogP contribution is 2.37. The molecule has 2 rings (SSSR count). The van der Waals surface area contributed by atoms with Crippen LogP contribution in [-0.4, -0.2) is 17.8 Å². The molecule has 0 saturated heterocycles. The van der Waals surface area contributed by atoms with E-state index in [1.165, 1.54) is 6.07 Å². The van der Waals surface area contributed by atoms with Gasteiger partial charge in [0.1, 0.15) is 0 Å². The Bertz CT molecular complexity index is 432. The third-order valence-electron chi connectivity index (χ3n) is 3.69. The van der Waals surface area contributed by atoms with E-state index in [-0.39, 0.29) is 29.1 Å². The topological polar surface area (TPSA) is 55.5 Å². The fourth-order valence-corrected chi connectivity index (χ4v) is 2.60. The lowest BCUT2D eigenvalue weighted by molar-refractivity contribution is 0.0413. The zero-order valence-corrected chi connectivity index (χ0v) is 12.9. The minimum absolute atomic E-state index is 0. The summed E-state index contributed by atoms with van der Waals surface area (Å²) in [6.45, 7) is 2.10. The van der Waals surface area contributed by atoms with E-state index in [0.717, 1.165) is 19.3 Å². The van der Waals surface area contributed by atoms with Crippen molar-refractivity contribution in [1.29, 1.82) is 0 Å². The summed E-state index contributed by atoms with van der Waals surface area (Å²) in [6, 6.07) is 2.25. The van der Waals surface area contributed by atoms with E-state index in [0.29, 0.717) is 12.2 Å². The van der Waals surface area contributed by atoms with E-state index in [2.05, 4.69) is 0 Å². The van der Waals surface area contributed by atoms with Crippen LogP contribution in [0.4, 0.5) is 4.39 Å². The van der Waals surface area contributed by atoms with E-state index >= 15 is 0 Å². The van der Waals surface area contributed by atoms with Crippen LogP contribution in [0, 0.1) is 11.7 Å². The number of nitrogens with two attached hydrogens (primary N) is 1. The molecule has 114 valence electrons. The van der Waals surface area contributed by atoms with Gasteiger partial charge in [0.05, 0.1) is 23.8 Å². The number of aliphatic hydroxyl groups excluding tert-OH is 1. The van der Waals surface area contributed by atoms with Crippen molar-refractivity contribution in [2.45, 2.75) is 38.3 Å². The number of rotatable bonds is 5. The van der Waals surface area contributed by atoms with Crippen molar-refractivity contribution >= 4 is 24.0 Å². The Morgan fingerprint density at radius 1 is 1.50 bits per heavy atom. The van der Waals surface area contributed by atoms with Crippen LogP contribution in [0.1, 0.15) is 37.8 Å². The predicted molar refractivity (Wildman–Crippen MR) is 80.1 cm³/mol. The summed E-state index contributed by atoms with van der Waals surface area (Å²) in [5.41, 5.74) is 6.50. The van der Waals surface area contributed by atoms with Gasteiger partial charge >= 0.3 is 0 Å². The van der Waals surface area contributed by atoms with Gasteiger partial charge < -0.3 is 15.6 Å². The van der Waals surface area contributed by atoms with Gasteiger partial charge in [0.25, 0.3) is 0 Å². The number of aliphatic hydroxyl groups is 1. The first kappa shape index (κ1) is 17.5. The summed E-state index contributed by atoms with van der Waals surface area (Å²) >= 11 is 5.99. The Morgan fingerprint density at radius 3 is 2.60 bits per heavy atom. The van der Waals surface area contributed by atoms with Crippen molar-refractivity contribution in [2.24, 2.45) is 11.7 Å². The molecule has 0 unspecified atom stereocenters. The molecule has 0 aliphatic heterocycles. The third kappa shape index (κ3) is 3.55. The van der Waals surface area contributed by atoms with Crippen LogP contribution in [0.3, 0.4) is 0 Å².